The zero-order valence-electron chi connectivity index (χ0n) is 30.1. The second-order valence-electron chi connectivity index (χ2n) is 14.6. The van der Waals surface area contributed by atoms with Gasteiger partial charge in [-0.1, -0.05) is 35.3 Å². The number of aromatic amines is 1. The molecular weight excluding hydrogens is 731 g/mol. The van der Waals surface area contributed by atoms with Crippen LogP contribution < -0.4 is 10.1 Å². The van der Waals surface area contributed by atoms with Crippen LogP contribution in [-0.4, -0.2) is 111 Å². The number of aliphatic carboxylic acids is 1. The zero-order chi connectivity index (χ0) is 37.9. The van der Waals surface area contributed by atoms with Crippen molar-refractivity contribution in [2.45, 2.75) is 49.5 Å². The molecule has 0 saturated carbocycles. The number of nitrogens with one attached hydrogen (secondary N) is 2. The fourth-order valence-electron chi connectivity index (χ4n) is 8.28. The molecule has 3 aliphatic heterocycles. The molecular formula is C39H44Cl2N8O5. The largest absolute Gasteiger partial charge is 0.496 e. The number of methoxy groups -OCH3 is 1. The number of rotatable bonds is 10. The van der Waals surface area contributed by atoms with E-state index in [0.29, 0.717) is 78.9 Å². The minimum Gasteiger partial charge on any atom is -0.496 e. The first kappa shape index (κ1) is 37.6. The molecule has 0 radical (unpaired) electrons. The first-order chi connectivity index (χ1) is 26.1. The predicted molar refractivity (Wildman–Crippen MR) is 204 cm³/mol. The lowest BCUT2D eigenvalue weighted by Crippen LogP contribution is -2.57. The van der Waals surface area contributed by atoms with E-state index < -0.39 is 17.4 Å². The van der Waals surface area contributed by atoms with Crippen LogP contribution in [-0.2, 0) is 15.7 Å². The Morgan fingerprint density at radius 3 is 2.41 bits per heavy atom. The summed E-state index contributed by atoms with van der Waals surface area (Å²) in [7, 11) is 1.56. The normalized spacial score (nSPS) is 20.5. The van der Waals surface area contributed by atoms with Crippen molar-refractivity contribution in [2.75, 3.05) is 52.9 Å². The molecule has 54 heavy (non-hydrogen) atoms. The summed E-state index contributed by atoms with van der Waals surface area (Å²) < 4.78 is 5.63. The summed E-state index contributed by atoms with van der Waals surface area (Å²) in [5, 5.41) is 24.5. The number of H-pyrrole nitrogens is 1. The van der Waals surface area contributed by atoms with Gasteiger partial charge in [-0.2, -0.15) is 15.4 Å². The lowest BCUT2D eigenvalue weighted by molar-refractivity contribution is -0.143. The number of likely N-dealkylation sites (tertiary alicyclic amines) is 3. The van der Waals surface area contributed by atoms with Gasteiger partial charge in [0.05, 0.1) is 40.4 Å². The molecule has 284 valence electrons. The van der Waals surface area contributed by atoms with Crippen molar-refractivity contribution in [3.8, 4) is 17.0 Å². The number of carboxylic acid groups (broad SMARTS) is 1. The number of piperidine rings is 2. The molecule has 15 heteroatoms. The van der Waals surface area contributed by atoms with Crippen LogP contribution in [0.25, 0.3) is 11.3 Å². The average molecular weight is 776 g/mol. The molecule has 0 aliphatic carbocycles. The van der Waals surface area contributed by atoms with Gasteiger partial charge in [-0.15, -0.1) is 0 Å². The number of carbonyl (C=O) groups excluding carboxylic acids is 2. The molecule has 13 nitrogen and oxygen atoms in total. The van der Waals surface area contributed by atoms with E-state index >= 15 is 0 Å². The number of benzene rings is 2. The number of hydrogen-bond acceptors (Lipinski definition) is 8. The molecule has 1 atom stereocenters. The first-order valence-electron chi connectivity index (χ1n) is 18.3. The van der Waals surface area contributed by atoms with Gasteiger partial charge in [0.25, 0.3) is 5.91 Å². The molecule has 1 unspecified atom stereocenters. The highest BCUT2D eigenvalue weighted by molar-refractivity contribution is 6.42. The summed E-state index contributed by atoms with van der Waals surface area (Å²) in [6, 6.07) is 15.0. The standard InChI is InChI=1S/C39H44Cl2N8O5/c1-54-34-7-4-27(33-24-43-46-45-33)21-30(34)35(50)49-20-11-38(25-49,28-5-6-31(40)32(41)22-28)10-17-47-18-12-39(13-19-47,29-3-2-14-42-23-29)44-37(53)48-15-8-26(9-16-48)36(51)52/h2-7,14,21-24,26H,8-13,15-20,25H2,1H3,(H,44,53)(H,51,52)(H,43,45,46). The Hall–Kier alpha value is -4.72. The quantitative estimate of drug-likeness (QED) is 0.180. The summed E-state index contributed by atoms with van der Waals surface area (Å²) in [5.41, 5.74) is 2.85. The lowest BCUT2D eigenvalue weighted by atomic mass is 9.76. The van der Waals surface area contributed by atoms with E-state index in [0.717, 1.165) is 49.2 Å². The second kappa shape index (κ2) is 15.9. The van der Waals surface area contributed by atoms with Crippen LogP contribution in [0.3, 0.4) is 0 Å². The van der Waals surface area contributed by atoms with Crippen LogP contribution in [0.2, 0.25) is 10.0 Å². The van der Waals surface area contributed by atoms with Gasteiger partial charge in [0.15, 0.2) is 0 Å². The van der Waals surface area contributed by atoms with Crippen LogP contribution in [0.4, 0.5) is 4.79 Å². The molecule has 3 fully saturated rings. The molecule has 3 aliphatic rings. The highest BCUT2D eigenvalue weighted by Crippen LogP contribution is 2.42. The zero-order valence-corrected chi connectivity index (χ0v) is 31.7. The third-order valence-electron chi connectivity index (χ3n) is 11.6. The molecule has 2 aromatic carbocycles. The van der Waals surface area contributed by atoms with E-state index in [4.69, 9.17) is 27.9 Å². The van der Waals surface area contributed by atoms with Crippen molar-refractivity contribution in [3.63, 3.8) is 0 Å². The number of carbonyl (C=O) groups is 3. The molecule has 0 bridgehead atoms. The first-order valence-corrected chi connectivity index (χ1v) is 19.1. The highest BCUT2D eigenvalue weighted by atomic mass is 35.5. The molecule has 3 saturated heterocycles. The smallest absolute Gasteiger partial charge is 0.318 e. The third-order valence-corrected chi connectivity index (χ3v) is 12.4. The van der Waals surface area contributed by atoms with Crippen molar-refractivity contribution >= 4 is 41.1 Å². The van der Waals surface area contributed by atoms with Gasteiger partial charge in [-0.3, -0.25) is 14.6 Å². The van der Waals surface area contributed by atoms with E-state index in [2.05, 4.69) is 30.6 Å². The number of pyridine rings is 1. The third kappa shape index (κ3) is 7.75. The van der Waals surface area contributed by atoms with Crippen LogP contribution >= 0.6 is 23.2 Å². The van der Waals surface area contributed by atoms with Crippen molar-refractivity contribution in [3.05, 3.63) is 93.9 Å². The number of nitrogens with zero attached hydrogens (tertiary/aromatic N) is 6. The van der Waals surface area contributed by atoms with E-state index in [-0.39, 0.29) is 17.4 Å². The van der Waals surface area contributed by atoms with Crippen molar-refractivity contribution in [2.24, 2.45) is 5.92 Å². The van der Waals surface area contributed by atoms with Crippen LogP contribution in [0, 0.1) is 5.92 Å². The summed E-state index contributed by atoms with van der Waals surface area (Å²) >= 11 is 13.0. The van der Waals surface area contributed by atoms with Gasteiger partial charge < -0.3 is 29.9 Å². The maximum atomic E-state index is 14.2. The van der Waals surface area contributed by atoms with Crippen molar-refractivity contribution in [1.29, 1.82) is 0 Å². The molecule has 3 amide bonds. The number of hydrogen-bond donors (Lipinski definition) is 3. The van der Waals surface area contributed by atoms with Gasteiger partial charge in [0.2, 0.25) is 0 Å². The summed E-state index contributed by atoms with van der Waals surface area (Å²) in [4.78, 5) is 49.8. The molecule has 5 heterocycles. The number of ether oxygens (including phenoxy) is 1. The molecule has 2 aromatic heterocycles. The predicted octanol–water partition coefficient (Wildman–Crippen LogP) is 5.85. The number of urea groups is 1. The Labute approximate surface area is 324 Å². The summed E-state index contributed by atoms with van der Waals surface area (Å²) in [5.74, 6) is -0.856. The van der Waals surface area contributed by atoms with Crippen molar-refractivity contribution < 1.29 is 24.2 Å². The maximum absolute atomic E-state index is 14.2. The highest BCUT2D eigenvalue weighted by Gasteiger charge is 2.44. The Kier molecular flexibility index (Phi) is 11.1. The van der Waals surface area contributed by atoms with Gasteiger partial charge in [0.1, 0.15) is 11.4 Å². The SMILES string of the molecule is COc1ccc(-c2cn[nH]n2)cc1C(=O)N1CCC(CCN2CCC(NC(=O)N3CCC(C(=O)O)CC3)(c3cccnc3)CC2)(c2ccc(Cl)c(Cl)c2)C1. The lowest BCUT2D eigenvalue weighted by Gasteiger charge is -2.44. The Bertz CT molecular complexity index is 1970. The summed E-state index contributed by atoms with van der Waals surface area (Å²) in [6.07, 6.45) is 8.94. The minimum absolute atomic E-state index is 0.124. The monoisotopic (exact) mass is 774 g/mol. The van der Waals surface area contributed by atoms with E-state index in [1.807, 2.05) is 47.5 Å². The Morgan fingerprint density at radius 2 is 1.74 bits per heavy atom. The van der Waals surface area contributed by atoms with E-state index in [1.54, 1.807) is 36.5 Å². The second-order valence-corrected chi connectivity index (χ2v) is 15.4. The van der Waals surface area contributed by atoms with Crippen LogP contribution in [0.1, 0.15) is 60.0 Å². The number of amides is 3. The Balaban J connectivity index is 1.07. The molecule has 0 spiro atoms. The fourth-order valence-corrected chi connectivity index (χ4v) is 8.57. The molecule has 4 aromatic rings. The van der Waals surface area contributed by atoms with Gasteiger partial charge in [-0.05, 0) is 92.6 Å². The fraction of sp³-hybridized carbons (Fsp3) is 0.436. The average Bonchev–Trinajstić information content (AvgIpc) is 3.91. The minimum atomic E-state index is -0.804. The van der Waals surface area contributed by atoms with Crippen LogP contribution in [0.15, 0.2) is 67.1 Å². The van der Waals surface area contributed by atoms with Gasteiger partial charge >= 0.3 is 12.0 Å². The van der Waals surface area contributed by atoms with Gasteiger partial charge in [0, 0.05) is 62.6 Å². The topological polar surface area (TPSA) is 157 Å². The van der Waals surface area contributed by atoms with E-state index in [9.17, 15) is 19.5 Å². The van der Waals surface area contributed by atoms with Crippen LogP contribution in [0.5, 0.6) is 5.75 Å². The number of halogens is 2. The summed E-state index contributed by atoms with van der Waals surface area (Å²) in [6.45, 7) is 4.11. The van der Waals surface area contributed by atoms with E-state index in [1.165, 1.54) is 0 Å². The number of carboxylic acids is 1. The van der Waals surface area contributed by atoms with Crippen molar-refractivity contribution in [1.82, 2.24) is 40.4 Å². The molecule has 7 rings (SSSR count). The Morgan fingerprint density at radius 1 is 0.944 bits per heavy atom. The number of aromatic nitrogens is 4. The molecule has 3 N–H and O–H groups in total. The maximum Gasteiger partial charge on any atom is 0.318 e. The van der Waals surface area contributed by atoms with Gasteiger partial charge in [-0.25, -0.2) is 4.79 Å².